The molecule has 1 aliphatic heterocycles. The van der Waals surface area contributed by atoms with E-state index in [1.807, 2.05) is 18.2 Å². The molecule has 0 aliphatic carbocycles. The maximum absolute atomic E-state index is 5.37. The van der Waals surface area contributed by atoms with Gasteiger partial charge in [0.15, 0.2) is 11.5 Å². The van der Waals surface area contributed by atoms with Crippen LogP contribution in [-0.4, -0.2) is 37.2 Å². The van der Waals surface area contributed by atoms with Crippen LogP contribution < -0.4 is 9.47 Å². The van der Waals surface area contributed by atoms with Crippen molar-refractivity contribution in [2.45, 2.75) is 19.9 Å². The summed E-state index contributed by atoms with van der Waals surface area (Å²) in [5.41, 5.74) is 2.23. The SMILES string of the molecule is COc1ccc(-c2nc(CN3CCC(C)C3)cs2)cc1OC. The molecule has 4 nitrogen and oxygen atoms in total. The van der Waals surface area contributed by atoms with Gasteiger partial charge < -0.3 is 9.47 Å². The fraction of sp³-hybridized carbons (Fsp3) is 0.471. The average molecular weight is 318 g/mol. The maximum atomic E-state index is 5.37. The minimum atomic E-state index is 0.741. The van der Waals surface area contributed by atoms with E-state index in [4.69, 9.17) is 14.5 Å². The van der Waals surface area contributed by atoms with Crippen molar-refractivity contribution < 1.29 is 9.47 Å². The lowest BCUT2D eigenvalue weighted by molar-refractivity contribution is 0.317. The number of rotatable bonds is 5. The van der Waals surface area contributed by atoms with Crippen molar-refractivity contribution >= 4 is 11.3 Å². The molecule has 1 aromatic carbocycles. The van der Waals surface area contributed by atoms with Crippen LogP contribution >= 0.6 is 11.3 Å². The maximum Gasteiger partial charge on any atom is 0.161 e. The molecule has 118 valence electrons. The zero-order chi connectivity index (χ0) is 15.5. The molecule has 0 radical (unpaired) electrons. The quantitative estimate of drug-likeness (QED) is 0.842. The Morgan fingerprint density at radius 2 is 2.09 bits per heavy atom. The second kappa shape index (κ2) is 6.67. The number of thiazole rings is 1. The molecule has 1 atom stereocenters. The van der Waals surface area contributed by atoms with Crippen molar-refractivity contribution in [3.05, 3.63) is 29.3 Å². The average Bonchev–Trinajstić information content (AvgIpc) is 3.16. The highest BCUT2D eigenvalue weighted by Gasteiger charge is 2.19. The molecule has 1 saturated heterocycles. The van der Waals surface area contributed by atoms with Gasteiger partial charge in [-0.1, -0.05) is 6.92 Å². The van der Waals surface area contributed by atoms with Gasteiger partial charge in [0.2, 0.25) is 0 Å². The number of methoxy groups -OCH3 is 2. The second-order valence-electron chi connectivity index (χ2n) is 5.84. The Balaban J connectivity index is 1.75. The Morgan fingerprint density at radius 1 is 1.27 bits per heavy atom. The van der Waals surface area contributed by atoms with Crippen molar-refractivity contribution in [1.29, 1.82) is 0 Å². The molecule has 2 heterocycles. The first kappa shape index (κ1) is 15.3. The van der Waals surface area contributed by atoms with Crippen LogP contribution in [0, 0.1) is 5.92 Å². The van der Waals surface area contributed by atoms with Crippen LogP contribution in [0.3, 0.4) is 0 Å². The van der Waals surface area contributed by atoms with E-state index in [9.17, 15) is 0 Å². The number of hydrogen-bond acceptors (Lipinski definition) is 5. The third-order valence-corrected chi connectivity index (χ3v) is 5.02. The minimum absolute atomic E-state index is 0.741. The molecule has 5 heteroatoms. The first-order valence-electron chi connectivity index (χ1n) is 7.58. The van der Waals surface area contributed by atoms with Gasteiger partial charge in [0.25, 0.3) is 0 Å². The predicted molar refractivity (Wildman–Crippen MR) is 89.7 cm³/mol. The van der Waals surface area contributed by atoms with Gasteiger partial charge in [-0.25, -0.2) is 4.98 Å². The molecule has 3 rings (SSSR count). The number of benzene rings is 1. The first-order valence-corrected chi connectivity index (χ1v) is 8.46. The molecule has 0 spiro atoms. The van der Waals surface area contributed by atoms with Crippen LogP contribution in [0.4, 0.5) is 0 Å². The lowest BCUT2D eigenvalue weighted by atomic mass is 10.2. The number of ether oxygens (including phenoxy) is 2. The summed E-state index contributed by atoms with van der Waals surface area (Å²) in [4.78, 5) is 7.26. The van der Waals surface area contributed by atoms with Crippen LogP contribution in [-0.2, 0) is 6.54 Å². The Morgan fingerprint density at radius 3 is 2.77 bits per heavy atom. The standard InChI is InChI=1S/C17H22N2O2S/c1-12-6-7-19(9-12)10-14-11-22-17(18-14)13-4-5-15(20-2)16(8-13)21-3/h4-5,8,11-12H,6-7,9-10H2,1-3H3. The third-order valence-electron chi connectivity index (χ3n) is 4.08. The van der Waals surface area contributed by atoms with Crippen molar-refractivity contribution in [2.75, 3.05) is 27.3 Å². The van der Waals surface area contributed by atoms with Crippen LogP contribution in [0.5, 0.6) is 11.5 Å². The van der Waals surface area contributed by atoms with Gasteiger partial charge in [0, 0.05) is 24.0 Å². The van der Waals surface area contributed by atoms with Crippen molar-refractivity contribution in [2.24, 2.45) is 5.92 Å². The highest BCUT2D eigenvalue weighted by Crippen LogP contribution is 2.33. The van der Waals surface area contributed by atoms with E-state index in [1.54, 1.807) is 25.6 Å². The van der Waals surface area contributed by atoms with E-state index in [-0.39, 0.29) is 0 Å². The summed E-state index contributed by atoms with van der Waals surface area (Å²) in [7, 11) is 3.31. The Bertz CT molecular complexity index is 641. The van der Waals surface area contributed by atoms with E-state index >= 15 is 0 Å². The largest absolute Gasteiger partial charge is 0.493 e. The Kier molecular flexibility index (Phi) is 4.64. The van der Waals surface area contributed by atoms with Crippen LogP contribution in [0.1, 0.15) is 19.0 Å². The Hall–Kier alpha value is -1.59. The minimum Gasteiger partial charge on any atom is -0.493 e. The van der Waals surface area contributed by atoms with Crippen LogP contribution in [0.25, 0.3) is 10.6 Å². The molecule has 0 N–H and O–H groups in total. The molecule has 1 unspecified atom stereocenters. The topological polar surface area (TPSA) is 34.6 Å². The van der Waals surface area contributed by atoms with Gasteiger partial charge in [-0.2, -0.15) is 0 Å². The summed E-state index contributed by atoms with van der Waals surface area (Å²) in [6.45, 7) is 5.64. The second-order valence-corrected chi connectivity index (χ2v) is 6.70. The molecule has 1 aromatic heterocycles. The summed E-state index contributed by atoms with van der Waals surface area (Å²) in [6, 6.07) is 5.94. The Labute approximate surface area is 135 Å². The van der Waals surface area contributed by atoms with Crippen LogP contribution in [0.2, 0.25) is 0 Å². The molecular weight excluding hydrogens is 296 g/mol. The van der Waals surface area contributed by atoms with Crippen LogP contribution in [0.15, 0.2) is 23.6 Å². The molecule has 0 amide bonds. The smallest absolute Gasteiger partial charge is 0.161 e. The summed E-state index contributed by atoms with van der Waals surface area (Å²) in [6.07, 6.45) is 1.30. The zero-order valence-corrected chi connectivity index (χ0v) is 14.2. The van der Waals surface area contributed by atoms with Gasteiger partial charge in [0.1, 0.15) is 5.01 Å². The van der Waals surface area contributed by atoms with E-state index in [0.29, 0.717) is 0 Å². The van der Waals surface area contributed by atoms with Crippen molar-refractivity contribution in [3.63, 3.8) is 0 Å². The fourth-order valence-corrected chi connectivity index (χ4v) is 3.69. The first-order chi connectivity index (χ1) is 10.7. The lowest BCUT2D eigenvalue weighted by Gasteiger charge is -2.12. The van der Waals surface area contributed by atoms with E-state index in [0.717, 1.165) is 40.2 Å². The third kappa shape index (κ3) is 3.25. The molecule has 1 aliphatic rings. The fourth-order valence-electron chi connectivity index (χ4n) is 2.88. The molecule has 22 heavy (non-hydrogen) atoms. The van der Waals surface area contributed by atoms with Gasteiger partial charge in [-0.3, -0.25) is 4.90 Å². The zero-order valence-electron chi connectivity index (χ0n) is 13.3. The highest BCUT2D eigenvalue weighted by molar-refractivity contribution is 7.13. The molecule has 1 fully saturated rings. The highest BCUT2D eigenvalue weighted by atomic mass is 32.1. The van der Waals surface area contributed by atoms with Gasteiger partial charge in [-0.15, -0.1) is 11.3 Å². The lowest BCUT2D eigenvalue weighted by Crippen LogP contribution is -2.19. The normalized spacial score (nSPS) is 18.6. The van der Waals surface area contributed by atoms with Gasteiger partial charge >= 0.3 is 0 Å². The molecule has 0 saturated carbocycles. The molecule has 0 bridgehead atoms. The predicted octanol–water partition coefficient (Wildman–Crippen LogP) is 3.67. The molecule has 2 aromatic rings. The van der Waals surface area contributed by atoms with E-state index < -0.39 is 0 Å². The van der Waals surface area contributed by atoms with Gasteiger partial charge in [0.05, 0.1) is 19.9 Å². The monoisotopic (exact) mass is 318 g/mol. The number of aromatic nitrogens is 1. The summed E-state index contributed by atoms with van der Waals surface area (Å²) in [5.74, 6) is 2.29. The number of nitrogens with zero attached hydrogens (tertiary/aromatic N) is 2. The summed E-state index contributed by atoms with van der Waals surface area (Å²) in [5, 5.41) is 3.19. The van der Waals surface area contributed by atoms with Crippen molar-refractivity contribution in [3.8, 4) is 22.1 Å². The van der Waals surface area contributed by atoms with Crippen molar-refractivity contribution in [1.82, 2.24) is 9.88 Å². The van der Waals surface area contributed by atoms with Gasteiger partial charge in [-0.05, 0) is 37.1 Å². The summed E-state index contributed by atoms with van der Waals surface area (Å²) >= 11 is 1.69. The molecular formula is C17H22N2O2S. The summed E-state index contributed by atoms with van der Waals surface area (Å²) < 4.78 is 10.7. The van der Waals surface area contributed by atoms with E-state index in [2.05, 4.69) is 17.2 Å². The van der Waals surface area contributed by atoms with E-state index in [1.165, 1.54) is 19.5 Å². The number of hydrogen-bond donors (Lipinski definition) is 0. The number of likely N-dealkylation sites (tertiary alicyclic amines) is 1.